The molecular weight excluding hydrogens is 234 g/mol. The van der Waals surface area contributed by atoms with Crippen LogP contribution in [0, 0.1) is 0 Å². The van der Waals surface area contributed by atoms with Gasteiger partial charge in [0.05, 0.1) is 0 Å². The summed E-state index contributed by atoms with van der Waals surface area (Å²) in [6, 6.07) is 0. The molecule has 0 fully saturated rings. The summed E-state index contributed by atoms with van der Waals surface area (Å²) in [6.07, 6.45) is 15.5. The molecular formula is C17H33NO. The Kier molecular flexibility index (Phi) is 10.1. The van der Waals surface area contributed by atoms with Gasteiger partial charge in [-0.2, -0.15) is 0 Å². The lowest BCUT2D eigenvalue weighted by atomic mass is 10.1. The van der Waals surface area contributed by atoms with E-state index in [4.69, 9.17) is 5.11 Å². The summed E-state index contributed by atoms with van der Waals surface area (Å²) in [5.74, 6) is 0. The fourth-order valence-corrected chi connectivity index (χ4v) is 2.70. The molecule has 1 rings (SSSR count). The van der Waals surface area contributed by atoms with Gasteiger partial charge in [0.1, 0.15) is 0 Å². The maximum atomic E-state index is 8.68. The quantitative estimate of drug-likeness (QED) is 0.449. The highest BCUT2D eigenvalue weighted by molar-refractivity contribution is 5.03. The summed E-state index contributed by atoms with van der Waals surface area (Å²) in [4.78, 5) is 2.59. The summed E-state index contributed by atoms with van der Waals surface area (Å²) in [5.41, 5.74) is 1.57. The second kappa shape index (κ2) is 11.5. The minimum atomic E-state index is 0.366. The van der Waals surface area contributed by atoms with Gasteiger partial charge in [-0.05, 0) is 32.7 Å². The Morgan fingerprint density at radius 1 is 0.947 bits per heavy atom. The molecule has 1 heterocycles. The first-order valence-corrected chi connectivity index (χ1v) is 8.32. The minimum Gasteiger partial charge on any atom is -0.396 e. The number of unbranched alkanes of at least 4 members (excludes halogenated alkanes) is 8. The standard InChI is InChI=1S/C17H33NO/c1-17-11-14-18(15-12-17)13-9-7-5-3-2-4-6-8-10-16-19/h11,19H,2-10,12-16H2,1H3. The molecule has 0 aliphatic carbocycles. The van der Waals surface area contributed by atoms with Crippen LogP contribution in [0.4, 0.5) is 0 Å². The van der Waals surface area contributed by atoms with E-state index in [-0.39, 0.29) is 0 Å². The highest BCUT2D eigenvalue weighted by Gasteiger charge is 2.07. The topological polar surface area (TPSA) is 23.5 Å². The third-order valence-electron chi connectivity index (χ3n) is 4.15. The summed E-state index contributed by atoms with van der Waals surface area (Å²) in [6.45, 7) is 6.35. The van der Waals surface area contributed by atoms with E-state index in [2.05, 4.69) is 17.9 Å². The Hall–Kier alpha value is -0.340. The second-order valence-corrected chi connectivity index (χ2v) is 6.01. The molecule has 0 aromatic carbocycles. The molecule has 2 heteroatoms. The lowest BCUT2D eigenvalue weighted by Gasteiger charge is -2.25. The van der Waals surface area contributed by atoms with Crippen molar-refractivity contribution in [1.82, 2.24) is 4.90 Å². The molecule has 2 nitrogen and oxygen atoms in total. The van der Waals surface area contributed by atoms with Gasteiger partial charge in [-0.1, -0.05) is 56.6 Å². The van der Waals surface area contributed by atoms with Crippen molar-refractivity contribution in [2.75, 3.05) is 26.2 Å². The highest BCUT2D eigenvalue weighted by Crippen LogP contribution is 2.12. The molecule has 0 spiro atoms. The van der Waals surface area contributed by atoms with Crippen LogP contribution in [0.25, 0.3) is 0 Å². The van der Waals surface area contributed by atoms with Gasteiger partial charge in [-0.15, -0.1) is 0 Å². The Labute approximate surface area is 119 Å². The molecule has 0 saturated heterocycles. The summed E-state index contributed by atoms with van der Waals surface area (Å²) in [5, 5.41) is 8.68. The molecule has 0 aromatic heterocycles. The number of hydrogen-bond acceptors (Lipinski definition) is 2. The van der Waals surface area contributed by atoms with Crippen LogP contribution in [0.5, 0.6) is 0 Å². The van der Waals surface area contributed by atoms with Gasteiger partial charge in [0.2, 0.25) is 0 Å². The molecule has 0 radical (unpaired) electrons. The first-order chi connectivity index (χ1) is 9.33. The Morgan fingerprint density at radius 2 is 1.53 bits per heavy atom. The first kappa shape index (κ1) is 16.7. The molecule has 0 unspecified atom stereocenters. The van der Waals surface area contributed by atoms with Gasteiger partial charge in [0, 0.05) is 19.7 Å². The smallest absolute Gasteiger partial charge is 0.0431 e. The van der Waals surface area contributed by atoms with Crippen LogP contribution in [0.1, 0.15) is 71.1 Å². The van der Waals surface area contributed by atoms with E-state index in [0.29, 0.717) is 6.61 Å². The minimum absolute atomic E-state index is 0.366. The van der Waals surface area contributed by atoms with Gasteiger partial charge >= 0.3 is 0 Å². The lowest BCUT2D eigenvalue weighted by molar-refractivity contribution is 0.281. The van der Waals surface area contributed by atoms with Gasteiger partial charge in [-0.25, -0.2) is 0 Å². The maximum Gasteiger partial charge on any atom is 0.0431 e. The van der Waals surface area contributed by atoms with Crippen molar-refractivity contribution in [2.45, 2.75) is 71.1 Å². The largest absolute Gasteiger partial charge is 0.396 e. The van der Waals surface area contributed by atoms with E-state index in [1.165, 1.54) is 77.4 Å². The van der Waals surface area contributed by atoms with E-state index >= 15 is 0 Å². The van der Waals surface area contributed by atoms with Crippen molar-refractivity contribution in [3.63, 3.8) is 0 Å². The number of rotatable bonds is 11. The van der Waals surface area contributed by atoms with E-state index in [0.717, 1.165) is 6.42 Å². The molecule has 0 amide bonds. The third kappa shape index (κ3) is 9.23. The maximum absolute atomic E-state index is 8.68. The van der Waals surface area contributed by atoms with E-state index in [9.17, 15) is 0 Å². The van der Waals surface area contributed by atoms with Crippen LogP contribution < -0.4 is 0 Å². The predicted molar refractivity (Wildman–Crippen MR) is 83.5 cm³/mol. The molecule has 0 bridgehead atoms. The SMILES string of the molecule is CC1=CCN(CCCCCCCCCCCO)CC1. The molecule has 19 heavy (non-hydrogen) atoms. The zero-order valence-corrected chi connectivity index (χ0v) is 12.9. The van der Waals surface area contributed by atoms with Gasteiger partial charge < -0.3 is 5.11 Å². The molecule has 0 saturated carbocycles. The molecule has 1 N–H and O–H groups in total. The van der Waals surface area contributed by atoms with Crippen LogP contribution in [0.15, 0.2) is 11.6 Å². The van der Waals surface area contributed by atoms with Gasteiger partial charge in [-0.3, -0.25) is 4.90 Å². The summed E-state index contributed by atoms with van der Waals surface area (Å²) >= 11 is 0. The number of aliphatic hydroxyl groups is 1. The van der Waals surface area contributed by atoms with Crippen LogP contribution in [0.2, 0.25) is 0 Å². The van der Waals surface area contributed by atoms with Crippen molar-refractivity contribution in [3.05, 3.63) is 11.6 Å². The van der Waals surface area contributed by atoms with E-state index in [1.807, 2.05) is 0 Å². The Bertz CT molecular complexity index is 237. The van der Waals surface area contributed by atoms with Crippen molar-refractivity contribution in [2.24, 2.45) is 0 Å². The van der Waals surface area contributed by atoms with E-state index in [1.54, 1.807) is 5.57 Å². The van der Waals surface area contributed by atoms with E-state index < -0.39 is 0 Å². The molecule has 112 valence electrons. The monoisotopic (exact) mass is 267 g/mol. The zero-order chi connectivity index (χ0) is 13.8. The van der Waals surface area contributed by atoms with Crippen LogP contribution in [0.3, 0.4) is 0 Å². The van der Waals surface area contributed by atoms with Gasteiger partial charge in [0.15, 0.2) is 0 Å². The third-order valence-corrected chi connectivity index (χ3v) is 4.15. The van der Waals surface area contributed by atoms with Crippen LogP contribution in [-0.2, 0) is 0 Å². The lowest BCUT2D eigenvalue weighted by Crippen LogP contribution is -2.29. The Morgan fingerprint density at radius 3 is 2.05 bits per heavy atom. The van der Waals surface area contributed by atoms with Crippen molar-refractivity contribution >= 4 is 0 Å². The number of hydrogen-bond donors (Lipinski definition) is 1. The number of nitrogens with zero attached hydrogens (tertiary/aromatic N) is 1. The highest BCUT2D eigenvalue weighted by atomic mass is 16.2. The zero-order valence-electron chi connectivity index (χ0n) is 12.9. The van der Waals surface area contributed by atoms with Crippen molar-refractivity contribution in [3.8, 4) is 0 Å². The molecule has 0 aromatic rings. The normalized spacial score (nSPS) is 16.6. The van der Waals surface area contributed by atoms with Crippen molar-refractivity contribution < 1.29 is 5.11 Å². The van der Waals surface area contributed by atoms with Crippen LogP contribution >= 0.6 is 0 Å². The molecule has 1 aliphatic heterocycles. The summed E-state index contributed by atoms with van der Waals surface area (Å²) < 4.78 is 0. The fraction of sp³-hybridized carbons (Fsp3) is 0.882. The fourth-order valence-electron chi connectivity index (χ4n) is 2.70. The first-order valence-electron chi connectivity index (χ1n) is 8.32. The average molecular weight is 267 g/mol. The molecule has 1 aliphatic rings. The van der Waals surface area contributed by atoms with Crippen LogP contribution in [-0.4, -0.2) is 36.2 Å². The average Bonchev–Trinajstić information content (AvgIpc) is 2.43. The molecule has 0 atom stereocenters. The van der Waals surface area contributed by atoms with Gasteiger partial charge in [0.25, 0.3) is 0 Å². The summed E-state index contributed by atoms with van der Waals surface area (Å²) in [7, 11) is 0. The second-order valence-electron chi connectivity index (χ2n) is 6.01. The number of aliphatic hydroxyl groups excluding tert-OH is 1. The Balaban J connectivity index is 1.79. The predicted octanol–water partition coefficient (Wildman–Crippen LogP) is 4.14. The van der Waals surface area contributed by atoms with Crippen molar-refractivity contribution in [1.29, 1.82) is 0 Å².